The number of carbonyl (C=O) groups is 1. The van der Waals surface area contributed by atoms with E-state index in [1.807, 2.05) is 0 Å². The van der Waals surface area contributed by atoms with Crippen LogP contribution in [0.3, 0.4) is 0 Å². The van der Waals surface area contributed by atoms with Gasteiger partial charge in [-0.3, -0.25) is 4.79 Å². The number of carbonyl (C=O) groups excluding carboxylic acids is 1. The molecule has 0 aromatic heterocycles. The van der Waals surface area contributed by atoms with Crippen molar-refractivity contribution in [2.24, 2.45) is 0 Å². The molecule has 0 saturated heterocycles. The van der Waals surface area contributed by atoms with E-state index in [2.05, 4.69) is 0 Å². The first-order valence-electron chi connectivity index (χ1n) is 4.04. The fraction of sp³-hybridized carbons (Fsp3) is 0.100. The Morgan fingerprint density at radius 1 is 1.19 bits per heavy atom. The van der Waals surface area contributed by atoms with E-state index in [1.54, 1.807) is 0 Å². The lowest BCUT2D eigenvalue weighted by Crippen LogP contribution is -2.10. The Morgan fingerprint density at radius 3 is 2.06 bits per heavy atom. The molecule has 86 valence electrons. The molecule has 1 aromatic carbocycles. The molecule has 0 aliphatic rings. The number of halogens is 5. The molecule has 0 unspecified atom stereocenters. The van der Waals surface area contributed by atoms with Gasteiger partial charge in [-0.15, -0.1) is 0 Å². The number of hydrogen-bond donors (Lipinski definition) is 0. The van der Waals surface area contributed by atoms with Gasteiger partial charge in [-0.25, -0.2) is 0 Å². The van der Waals surface area contributed by atoms with E-state index in [-0.39, 0.29) is 11.8 Å². The zero-order chi connectivity index (χ0) is 12.3. The minimum atomic E-state index is -4.74. The summed E-state index contributed by atoms with van der Waals surface area (Å²) < 4.78 is 36.8. The lowest BCUT2D eigenvalue weighted by atomic mass is 10.1. The first-order valence-corrected chi connectivity index (χ1v) is 4.80. The third-order valence-corrected chi connectivity index (χ3v) is 2.43. The summed E-state index contributed by atoms with van der Waals surface area (Å²) in [5.41, 5.74) is -0.535. The van der Waals surface area contributed by atoms with Gasteiger partial charge in [0.25, 0.3) is 0 Å². The van der Waals surface area contributed by atoms with Crippen molar-refractivity contribution >= 4 is 35.1 Å². The highest BCUT2D eigenvalue weighted by Crippen LogP contribution is 2.34. The third-order valence-electron chi connectivity index (χ3n) is 1.76. The van der Waals surface area contributed by atoms with Gasteiger partial charge in [0.05, 0.1) is 0 Å². The maximum atomic E-state index is 12.3. The first kappa shape index (κ1) is 13.1. The van der Waals surface area contributed by atoms with Crippen LogP contribution in [-0.4, -0.2) is 12.5 Å². The largest absolute Gasteiger partial charge is 0.427 e. The fourth-order valence-corrected chi connectivity index (χ4v) is 1.31. The average molecular weight is 269 g/mol. The summed E-state index contributed by atoms with van der Waals surface area (Å²) >= 11 is 10.7. The van der Waals surface area contributed by atoms with Crippen molar-refractivity contribution in [3.8, 4) is 0 Å². The number of alkyl halides is 3. The van der Waals surface area contributed by atoms with Crippen LogP contribution in [0.5, 0.6) is 0 Å². The maximum absolute atomic E-state index is 12.3. The minimum Gasteiger partial charge on any atom is -0.298 e. The summed E-state index contributed by atoms with van der Waals surface area (Å²) in [6.07, 6.45) is -4.67. The van der Waals surface area contributed by atoms with Gasteiger partial charge in [-0.05, 0) is 17.7 Å². The summed E-state index contributed by atoms with van der Waals surface area (Å²) in [5, 5.41) is -1.08. The summed E-state index contributed by atoms with van der Waals surface area (Å²) in [4.78, 5) is 10.6. The predicted octanol–water partition coefficient (Wildman–Crippen LogP) is 4.05. The molecule has 0 fully saturated rings. The van der Waals surface area contributed by atoms with E-state index in [1.165, 1.54) is 24.3 Å². The molecule has 1 aromatic rings. The van der Waals surface area contributed by atoms with Crippen LogP contribution in [0.1, 0.15) is 5.56 Å². The fourth-order valence-electron chi connectivity index (χ4n) is 1.03. The zero-order valence-corrected chi connectivity index (χ0v) is 9.20. The second-order valence-electron chi connectivity index (χ2n) is 2.85. The monoisotopic (exact) mass is 268 g/mol. The molecule has 0 saturated carbocycles. The molecular weight excluding hydrogens is 264 g/mol. The Morgan fingerprint density at radius 2 is 1.69 bits per heavy atom. The Hall–Kier alpha value is -1.00. The van der Waals surface area contributed by atoms with E-state index >= 15 is 0 Å². The van der Waals surface area contributed by atoms with Crippen LogP contribution in [0.2, 0.25) is 5.02 Å². The molecule has 0 heterocycles. The van der Waals surface area contributed by atoms with Crippen LogP contribution in [0.25, 0.3) is 5.57 Å². The van der Waals surface area contributed by atoms with Crippen molar-refractivity contribution in [1.29, 1.82) is 0 Å². The highest BCUT2D eigenvalue weighted by Gasteiger charge is 2.35. The van der Waals surface area contributed by atoms with Crippen LogP contribution in [0, 0.1) is 0 Å². The van der Waals surface area contributed by atoms with Crippen LogP contribution in [0.15, 0.2) is 29.3 Å². The van der Waals surface area contributed by atoms with Crippen molar-refractivity contribution in [1.82, 2.24) is 0 Å². The topological polar surface area (TPSA) is 17.1 Å². The van der Waals surface area contributed by atoms with Gasteiger partial charge < -0.3 is 0 Å². The minimum absolute atomic E-state index is 0.0685. The van der Waals surface area contributed by atoms with Gasteiger partial charge in [-0.1, -0.05) is 35.3 Å². The Labute approximate surface area is 99.5 Å². The highest BCUT2D eigenvalue weighted by atomic mass is 35.5. The molecule has 1 nitrogen and oxygen atoms in total. The third kappa shape index (κ3) is 3.00. The van der Waals surface area contributed by atoms with Crippen molar-refractivity contribution in [3.05, 3.63) is 39.9 Å². The Kier molecular flexibility index (Phi) is 3.99. The standard InChI is InChI=1S/C10H5Cl2F3O/c11-7-3-1-6(2-4-7)8(5-16)9(12)10(13,14)15/h1-5H/b9-8-. The van der Waals surface area contributed by atoms with Gasteiger partial charge in [-0.2, -0.15) is 13.2 Å². The number of benzene rings is 1. The van der Waals surface area contributed by atoms with Crippen molar-refractivity contribution < 1.29 is 18.0 Å². The molecule has 1 rings (SSSR count). The molecule has 6 heteroatoms. The summed E-state index contributed by atoms with van der Waals surface area (Å²) in [6.45, 7) is 0. The molecule has 0 N–H and O–H groups in total. The Bertz CT molecular complexity index is 421. The van der Waals surface area contributed by atoms with E-state index in [0.717, 1.165) is 0 Å². The second kappa shape index (κ2) is 4.89. The number of allylic oxidation sites excluding steroid dienone is 2. The van der Waals surface area contributed by atoms with Gasteiger partial charge >= 0.3 is 6.18 Å². The Balaban J connectivity index is 3.27. The van der Waals surface area contributed by atoms with Gasteiger partial charge in [0.1, 0.15) is 5.03 Å². The molecule has 0 aliphatic heterocycles. The molecule has 0 radical (unpaired) electrons. The number of rotatable bonds is 2. The van der Waals surface area contributed by atoms with Crippen molar-refractivity contribution in [2.75, 3.05) is 0 Å². The number of aldehydes is 1. The first-order chi connectivity index (χ1) is 7.36. The summed E-state index contributed by atoms with van der Waals surface area (Å²) in [6, 6.07) is 5.34. The van der Waals surface area contributed by atoms with Crippen molar-refractivity contribution in [3.63, 3.8) is 0 Å². The molecule has 16 heavy (non-hydrogen) atoms. The normalized spacial score (nSPS) is 13.3. The van der Waals surface area contributed by atoms with Crippen molar-refractivity contribution in [2.45, 2.75) is 6.18 Å². The van der Waals surface area contributed by atoms with Crippen LogP contribution >= 0.6 is 23.2 Å². The SMILES string of the molecule is O=C/C(=C(/Cl)C(F)(F)F)c1ccc(Cl)cc1. The maximum Gasteiger partial charge on any atom is 0.427 e. The molecular formula is C10H5Cl2F3O. The van der Waals surface area contributed by atoms with Crippen LogP contribution < -0.4 is 0 Å². The van der Waals surface area contributed by atoms with Gasteiger partial charge in [0.2, 0.25) is 0 Å². The van der Waals surface area contributed by atoms with E-state index < -0.39 is 16.8 Å². The summed E-state index contributed by atoms with van der Waals surface area (Å²) in [5.74, 6) is 0. The van der Waals surface area contributed by atoms with E-state index in [9.17, 15) is 18.0 Å². The van der Waals surface area contributed by atoms with Crippen LogP contribution in [0.4, 0.5) is 13.2 Å². The van der Waals surface area contributed by atoms with Gasteiger partial charge in [0, 0.05) is 10.6 Å². The molecule has 0 bridgehead atoms. The average Bonchev–Trinajstić information content (AvgIpc) is 2.20. The second-order valence-corrected chi connectivity index (χ2v) is 3.66. The van der Waals surface area contributed by atoms with E-state index in [0.29, 0.717) is 5.02 Å². The smallest absolute Gasteiger partial charge is 0.298 e. The molecule has 0 aliphatic carbocycles. The lowest BCUT2D eigenvalue weighted by Gasteiger charge is -2.08. The molecule has 0 spiro atoms. The molecule has 0 amide bonds. The van der Waals surface area contributed by atoms with Gasteiger partial charge in [0.15, 0.2) is 6.29 Å². The van der Waals surface area contributed by atoms with Crippen LogP contribution in [-0.2, 0) is 4.79 Å². The zero-order valence-electron chi connectivity index (χ0n) is 7.68. The van der Waals surface area contributed by atoms with E-state index in [4.69, 9.17) is 23.2 Å². The summed E-state index contributed by atoms with van der Waals surface area (Å²) in [7, 11) is 0. The molecule has 0 atom stereocenters. The lowest BCUT2D eigenvalue weighted by molar-refractivity contribution is -0.104. The predicted molar refractivity (Wildman–Crippen MR) is 56.3 cm³/mol. The quantitative estimate of drug-likeness (QED) is 0.584. The number of hydrogen-bond acceptors (Lipinski definition) is 1. The highest BCUT2D eigenvalue weighted by molar-refractivity contribution is 6.37.